The van der Waals surface area contributed by atoms with Gasteiger partial charge in [0, 0.05) is 17.2 Å². The van der Waals surface area contributed by atoms with Crippen molar-refractivity contribution in [2.24, 2.45) is 23.7 Å². The van der Waals surface area contributed by atoms with E-state index in [1.165, 1.54) is 5.57 Å². The molecule has 3 heteroatoms. The van der Waals surface area contributed by atoms with Gasteiger partial charge in [0.25, 0.3) is 0 Å². The van der Waals surface area contributed by atoms with Crippen LogP contribution in [0.2, 0.25) is 18.6 Å². The number of nitrogens with one attached hydrogen (secondary N) is 1. The van der Waals surface area contributed by atoms with Crippen LogP contribution in [0, 0.1) is 35.5 Å². The van der Waals surface area contributed by atoms with E-state index < -0.39 is 8.24 Å². The number of hydrogen-bond acceptors (Lipinski definition) is 2. The lowest BCUT2D eigenvalue weighted by atomic mass is 9.83. The Morgan fingerprint density at radius 1 is 0.765 bits per heavy atom. The number of fused-ring (bicyclic) bond motifs is 4. The van der Waals surface area contributed by atoms with Crippen LogP contribution in [-0.4, -0.2) is 31.1 Å². The van der Waals surface area contributed by atoms with Crippen molar-refractivity contribution in [1.29, 1.82) is 0 Å². The quantitative estimate of drug-likeness (QED) is 0.439. The fourth-order valence-corrected chi connectivity index (χ4v) is 12.5. The minimum atomic E-state index is -1.87. The molecule has 0 bridgehead atoms. The van der Waals surface area contributed by atoms with Gasteiger partial charge in [0.15, 0.2) is 0 Å². The molecule has 172 valence electrons. The van der Waals surface area contributed by atoms with Crippen LogP contribution < -0.4 is 5.32 Å². The first-order valence-corrected chi connectivity index (χ1v) is 15.8. The van der Waals surface area contributed by atoms with Crippen LogP contribution in [0.1, 0.15) is 12.5 Å². The van der Waals surface area contributed by atoms with Crippen LogP contribution in [0.4, 0.5) is 0 Å². The fourth-order valence-electron chi connectivity index (χ4n) is 7.52. The molecule has 1 aromatic carbocycles. The van der Waals surface area contributed by atoms with Gasteiger partial charge in [0.2, 0.25) is 0 Å². The van der Waals surface area contributed by atoms with Gasteiger partial charge in [-0.2, -0.15) is 0 Å². The summed E-state index contributed by atoms with van der Waals surface area (Å²) in [7, 11) is -1.87. The summed E-state index contributed by atoms with van der Waals surface area (Å²) in [5.74, 6) is 9.41. The van der Waals surface area contributed by atoms with Crippen molar-refractivity contribution in [3.63, 3.8) is 0 Å². The number of hydrogen-bond donors (Lipinski definition) is 1. The molecule has 4 aliphatic carbocycles. The molecule has 1 heterocycles. The molecular weight excluding hydrogens is 428 g/mol. The average Bonchev–Trinajstić information content (AvgIpc) is 3.39. The largest absolute Gasteiger partial charge is 0.301 e. The van der Waals surface area contributed by atoms with Crippen LogP contribution in [0.3, 0.4) is 0 Å². The van der Waals surface area contributed by atoms with E-state index in [0.717, 1.165) is 5.56 Å². The maximum Gasteiger partial charge on any atom is 0.129 e. The van der Waals surface area contributed by atoms with Gasteiger partial charge in [-0.05, 0) is 54.3 Å². The molecule has 1 N–H and O–H groups in total. The van der Waals surface area contributed by atoms with E-state index in [0.29, 0.717) is 41.4 Å². The zero-order valence-electron chi connectivity index (χ0n) is 20.3. The number of rotatable bonds is 2. The maximum atomic E-state index is 3.94. The minimum Gasteiger partial charge on any atom is -0.301 e. The molecule has 7 atom stereocenters. The molecule has 0 amide bonds. The first-order valence-electron chi connectivity index (χ1n) is 12.8. The van der Waals surface area contributed by atoms with Gasteiger partial charge < -0.3 is 4.57 Å². The van der Waals surface area contributed by atoms with Crippen LogP contribution >= 0.6 is 0 Å². The molecular formula is C31H34N2Si. The topological polar surface area (TPSA) is 15.3 Å². The summed E-state index contributed by atoms with van der Waals surface area (Å²) < 4.78 is 2.88. The van der Waals surface area contributed by atoms with Crippen LogP contribution in [-0.2, 0) is 0 Å². The van der Waals surface area contributed by atoms with Crippen LogP contribution in [0.5, 0.6) is 0 Å². The first kappa shape index (κ1) is 21.9. The molecule has 0 aromatic heterocycles. The highest BCUT2D eigenvalue weighted by Crippen LogP contribution is 2.59. The summed E-state index contributed by atoms with van der Waals surface area (Å²) in [5, 5.41) is 3.94. The Balaban J connectivity index is 1.32. The summed E-state index contributed by atoms with van der Waals surface area (Å²) in [6.07, 6.45) is 26.3. The van der Waals surface area contributed by atoms with E-state index in [1.54, 1.807) is 0 Å². The standard InChI is InChI=1S/C31H34N2Si/c1-22-32-30-24(21-20-23-12-5-4-6-13-23)14-11-19-29(30)33(22)34(2,3)31-27-17-9-7-15-25(27)26-16-8-10-18-28(26)31/h4-19,22,25-32H,1-3H3/t22-,25?,26?,27?,28?,29-,30?,31?/m1/s1. The maximum absolute atomic E-state index is 3.94. The molecule has 34 heavy (non-hydrogen) atoms. The molecule has 1 aliphatic heterocycles. The van der Waals surface area contributed by atoms with Gasteiger partial charge in [-0.3, -0.25) is 5.32 Å². The van der Waals surface area contributed by atoms with Gasteiger partial charge in [0.1, 0.15) is 8.24 Å². The number of allylic oxidation sites excluding steroid dienone is 10. The average molecular weight is 463 g/mol. The Morgan fingerprint density at radius 3 is 2.03 bits per heavy atom. The van der Waals surface area contributed by atoms with E-state index >= 15 is 0 Å². The molecule has 2 nitrogen and oxygen atoms in total. The third-order valence-corrected chi connectivity index (χ3v) is 13.2. The summed E-state index contributed by atoms with van der Waals surface area (Å²) in [4.78, 5) is 0. The van der Waals surface area contributed by atoms with Crippen LogP contribution in [0.25, 0.3) is 0 Å². The summed E-state index contributed by atoms with van der Waals surface area (Å²) >= 11 is 0. The van der Waals surface area contributed by atoms with E-state index in [1.807, 2.05) is 6.07 Å². The third-order valence-electron chi connectivity index (χ3n) is 8.74. The zero-order chi connectivity index (χ0) is 23.3. The fraction of sp³-hybridized carbons (Fsp3) is 0.355. The predicted molar refractivity (Wildman–Crippen MR) is 144 cm³/mol. The molecule has 0 radical (unpaired) electrons. The van der Waals surface area contributed by atoms with Gasteiger partial charge in [-0.25, -0.2) is 0 Å². The van der Waals surface area contributed by atoms with Crippen molar-refractivity contribution in [3.8, 4) is 11.8 Å². The third kappa shape index (κ3) is 3.48. The summed E-state index contributed by atoms with van der Waals surface area (Å²) in [6, 6.07) is 11.0. The molecule has 2 fully saturated rings. The van der Waals surface area contributed by atoms with Crippen molar-refractivity contribution >= 4 is 8.24 Å². The lowest BCUT2D eigenvalue weighted by Crippen LogP contribution is -2.59. The number of nitrogens with zero attached hydrogens (tertiary/aromatic N) is 1. The second-order valence-corrected chi connectivity index (χ2v) is 15.4. The molecule has 1 saturated heterocycles. The Morgan fingerprint density at radius 2 is 1.38 bits per heavy atom. The highest BCUT2D eigenvalue weighted by atomic mass is 28.3. The molecule has 0 spiro atoms. The zero-order valence-corrected chi connectivity index (χ0v) is 21.3. The molecule has 6 rings (SSSR count). The second kappa shape index (κ2) is 8.54. The van der Waals surface area contributed by atoms with Crippen molar-refractivity contribution in [1.82, 2.24) is 9.88 Å². The van der Waals surface area contributed by atoms with Crippen molar-refractivity contribution in [2.75, 3.05) is 0 Å². The van der Waals surface area contributed by atoms with E-state index in [4.69, 9.17) is 0 Å². The monoisotopic (exact) mass is 462 g/mol. The number of benzene rings is 1. The Labute approximate surface area is 205 Å². The minimum absolute atomic E-state index is 0.263. The Hall–Kier alpha value is -2.64. The molecule has 1 aromatic rings. The van der Waals surface area contributed by atoms with E-state index in [-0.39, 0.29) is 6.04 Å². The predicted octanol–water partition coefficient (Wildman–Crippen LogP) is 5.83. The molecule has 1 saturated carbocycles. The molecule has 5 unspecified atom stereocenters. The Bertz CT molecular complexity index is 1150. The Kier molecular flexibility index (Phi) is 5.49. The van der Waals surface area contributed by atoms with Gasteiger partial charge in [0.05, 0.1) is 12.2 Å². The van der Waals surface area contributed by atoms with Crippen molar-refractivity contribution in [2.45, 2.75) is 43.8 Å². The van der Waals surface area contributed by atoms with Gasteiger partial charge >= 0.3 is 0 Å². The molecule has 5 aliphatic rings. The van der Waals surface area contributed by atoms with E-state index in [2.05, 4.69) is 133 Å². The van der Waals surface area contributed by atoms with Gasteiger partial charge in [-0.1, -0.05) is 104 Å². The normalized spacial score (nSPS) is 37.6. The van der Waals surface area contributed by atoms with Crippen LogP contribution in [0.15, 0.2) is 103 Å². The highest BCUT2D eigenvalue weighted by molar-refractivity contribution is 6.76. The second-order valence-electron chi connectivity index (χ2n) is 10.9. The summed E-state index contributed by atoms with van der Waals surface area (Å²) in [5.41, 5.74) is 2.97. The lowest BCUT2D eigenvalue weighted by Gasteiger charge is -2.47. The lowest BCUT2D eigenvalue weighted by molar-refractivity contribution is 0.337. The highest BCUT2D eigenvalue weighted by Gasteiger charge is 2.58. The van der Waals surface area contributed by atoms with E-state index in [9.17, 15) is 0 Å². The smallest absolute Gasteiger partial charge is 0.129 e. The van der Waals surface area contributed by atoms with Crippen molar-refractivity contribution in [3.05, 3.63) is 108 Å². The van der Waals surface area contributed by atoms with Gasteiger partial charge in [-0.15, -0.1) is 0 Å². The SMILES string of the molecule is C[C@@H]1NC2C(C#Cc3ccccc3)=CC=C[C@H]2N1[Si](C)(C)C1C2C=CC=CC2C2C=CC=CC21. The summed E-state index contributed by atoms with van der Waals surface area (Å²) in [6.45, 7) is 7.61. The first-order chi connectivity index (χ1) is 16.6. The van der Waals surface area contributed by atoms with Crippen molar-refractivity contribution < 1.29 is 0 Å².